The van der Waals surface area contributed by atoms with E-state index in [1.807, 2.05) is 0 Å². The summed E-state index contributed by atoms with van der Waals surface area (Å²) in [7, 11) is 0. The van der Waals surface area contributed by atoms with Gasteiger partial charge in [0, 0.05) is 10.5 Å². The Kier molecular flexibility index (Phi) is 3.12. The number of nitro groups is 1. The summed E-state index contributed by atoms with van der Waals surface area (Å²) in [5, 5.41) is 19.2. The van der Waals surface area contributed by atoms with Crippen LogP contribution in [0, 0.1) is 10.1 Å². The van der Waals surface area contributed by atoms with Gasteiger partial charge in [0.15, 0.2) is 6.29 Å². The van der Waals surface area contributed by atoms with Gasteiger partial charge in [0.25, 0.3) is 6.54 Å². The molecule has 0 amide bonds. The first-order chi connectivity index (χ1) is 7.04. The summed E-state index contributed by atoms with van der Waals surface area (Å²) in [6.45, 7) is -0.830. The molecule has 0 saturated carbocycles. The minimum Gasteiger partial charge on any atom is -0.507 e. The van der Waals surface area contributed by atoms with Crippen LogP contribution in [-0.4, -0.2) is 28.6 Å². The standard InChI is InChI=1S/C9H7NO5/c11-5-7-3-6(1-2-8(7)12)9(13)4-10(14)15/h1-3,5,12H,4H2. The van der Waals surface area contributed by atoms with Crippen molar-refractivity contribution in [2.75, 3.05) is 6.54 Å². The van der Waals surface area contributed by atoms with Crippen LogP contribution in [0.15, 0.2) is 18.2 Å². The summed E-state index contributed by atoms with van der Waals surface area (Å²) < 4.78 is 0. The monoisotopic (exact) mass is 209 g/mol. The van der Waals surface area contributed by atoms with Gasteiger partial charge in [-0.05, 0) is 18.2 Å². The second kappa shape index (κ2) is 4.32. The number of aromatic hydroxyl groups is 1. The molecule has 1 rings (SSSR count). The van der Waals surface area contributed by atoms with E-state index in [1.165, 1.54) is 6.07 Å². The molecule has 0 atom stereocenters. The number of phenolic OH excluding ortho intramolecular Hbond substituents is 1. The topological polar surface area (TPSA) is 97.5 Å². The zero-order valence-electron chi connectivity index (χ0n) is 7.54. The van der Waals surface area contributed by atoms with Crippen molar-refractivity contribution in [3.8, 4) is 5.75 Å². The van der Waals surface area contributed by atoms with Gasteiger partial charge in [-0.15, -0.1) is 0 Å². The van der Waals surface area contributed by atoms with Crippen molar-refractivity contribution in [2.45, 2.75) is 0 Å². The zero-order chi connectivity index (χ0) is 11.4. The molecule has 1 aromatic carbocycles. The number of benzene rings is 1. The van der Waals surface area contributed by atoms with Crippen LogP contribution in [0.4, 0.5) is 0 Å². The first-order valence-electron chi connectivity index (χ1n) is 3.98. The lowest BCUT2D eigenvalue weighted by Gasteiger charge is -1.99. The maximum absolute atomic E-state index is 11.2. The first kappa shape index (κ1) is 10.8. The summed E-state index contributed by atoms with van der Waals surface area (Å²) in [6, 6.07) is 3.50. The third kappa shape index (κ3) is 2.60. The van der Waals surface area contributed by atoms with E-state index in [0.717, 1.165) is 12.1 Å². The van der Waals surface area contributed by atoms with Crippen LogP contribution in [0.25, 0.3) is 0 Å². The Morgan fingerprint density at radius 1 is 1.53 bits per heavy atom. The Morgan fingerprint density at radius 3 is 2.73 bits per heavy atom. The molecule has 6 heteroatoms. The molecule has 15 heavy (non-hydrogen) atoms. The molecule has 0 aliphatic rings. The van der Waals surface area contributed by atoms with E-state index in [9.17, 15) is 19.7 Å². The number of hydrogen-bond acceptors (Lipinski definition) is 5. The number of aldehydes is 1. The number of rotatable bonds is 4. The van der Waals surface area contributed by atoms with Crippen LogP contribution < -0.4 is 0 Å². The highest BCUT2D eigenvalue weighted by atomic mass is 16.6. The van der Waals surface area contributed by atoms with E-state index in [4.69, 9.17) is 5.11 Å². The molecule has 0 heterocycles. The molecule has 0 aliphatic carbocycles. The Morgan fingerprint density at radius 2 is 2.20 bits per heavy atom. The lowest BCUT2D eigenvalue weighted by Crippen LogP contribution is -2.13. The quantitative estimate of drug-likeness (QED) is 0.340. The molecular formula is C9H7NO5. The third-order valence-corrected chi connectivity index (χ3v) is 1.75. The van der Waals surface area contributed by atoms with Gasteiger partial charge < -0.3 is 5.11 Å². The molecule has 0 bridgehead atoms. The third-order valence-electron chi connectivity index (χ3n) is 1.75. The SMILES string of the molecule is O=Cc1cc(C(=O)C[N+](=O)[O-])ccc1O. The molecule has 0 fully saturated rings. The summed E-state index contributed by atoms with van der Waals surface area (Å²) >= 11 is 0. The van der Waals surface area contributed by atoms with Crippen LogP contribution >= 0.6 is 0 Å². The van der Waals surface area contributed by atoms with Gasteiger partial charge >= 0.3 is 0 Å². The first-order valence-corrected chi connectivity index (χ1v) is 3.98. The Labute approximate surface area is 84.3 Å². The molecule has 78 valence electrons. The maximum atomic E-state index is 11.2. The lowest BCUT2D eigenvalue weighted by atomic mass is 10.1. The van der Waals surface area contributed by atoms with Gasteiger partial charge in [-0.3, -0.25) is 19.7 Å². The Bertz CT molecular complexity index is 427. The molecule has 0 aliphatic heterocycles. The lowest BCUT2D eigenvalue weighted by molar-refractivity contribution is -0.465. The van der Waals surface area contributed by atoms with Crippen molar-refractivity contribution >= 4 is 12.1 Å². The predicted octanol–water partition coefficient (Wildman–Crippen LogP) is 0.664. The molecular weight excluding hydrogens is 202 g/mol. The molecule has 1 N–H and O–H groups in total. The molecule has 0 spiro atoms. The van der Waals surface area contributed by atoms with E-state index in [2.05, 4.69) is 0 Å². The zero-order valence-corrected chi connectivity index (χ0v) is 7.54. The Balaban J connectivity index is 3.00. The van der Waals surface area contributed by atoms with Gasteiger partial charge in [0.05, 0.1) is 5.56 Å². The van der Waals surface area contributed by atoms with E-state index in [-0.39, 0.29) is 16.9 Å². The summed E-state index contributed by atoms with van der Waals surface area (Å²) in [6.07, 6.45) is 0.373. The predicted molar refractivity (Wildman–Crippen MR) is 49.7 cm³/mol. The van der Waals surface area contributed by atoms with Crippen LogP contribution in [0.5, 0.6) is 5.75 Å². The number of nitrogens with zero attached hydrogens (tertiary/aromatic N) is 1. The van der Waals surface area contributed by atoms with Gasteiger partial charge in [-0.25, -0.2) is 0 Å². The summed E-state index contributed by atoms with van der Waals surface area (Å²) in [5.74, 6) is -0.967. The Hall–Kier alpha value is -2.24. The normalized spacial score (nSPS) is 9.60. The molecule has 0 unspecified atom stereocenters. The minimum atomic E-state index is -0.830. The number of hydrogen-bond donors (Lipinski definition) is 1. The van der Waals surface area contributed by atoms with E-state index >= 15 is 0 Å². The highest BCUT2D eigenvalue weighted by Crippen LogP contribution is 2.16. The van der Waals surface area contributed by atoms with Crippen molar-refractivity contribution in [1.29, 1.82) is 0 Å². The smallest absolute Gasteiger partial charge is 0.265 e. The van der Waals surface area contributed by atoms with Gasteiger partial charge in [0.1, 0.15) is 5.75 Å². The van der Waals surface area contributed by atoms with Crippen LogP contribution in [0.1, 0.15) is 20.7 Å². The fourth-order valence-corrected chi connectivity index (χ4v) is 1.03. The maximum Gasteiger partial charge on any atom is 0.265 e. The average Bonchev–Trinajstić information content (AvgIpc) is 2.17. The largest absolute Gasteiger partial charge is 0.507 e. The van der Waals surface area contributed by atoms with E-state index < -0.39 is 17.3 Å². The molecule has 0 saturated heterocycles. The number of ketones is 1. The van der Waals surface area contributed by atoms with E-state index in [1.54, 1.807) is 0 Å². The molecule has 1 aromatic rings. The van der Waals surface area contributed by atoms with Crippen molar-refractivity contribution in [2.24, 2.45) is 0 Å². The van der Waals surface area contributed by atoms with Crippen LogP contribution in [0.3, 0.4) is 0 Å². The van der Waals surface area contributed by atoms with Crippen LogP contribution in [-0.2, 0) is 0 Å². The molecule has 0 aromatic heterocycles. The minimum absolute atomic E-state index is 0.0339. The van der Waals surface area contributed by atoms with Crippen molar-refractivity contribution in [1.82, 2.24) is 0 Å². The van der Waals surface area contributed by atoms with E-state index in [0.29, 0.717) is 6.29 Å². The number of carbonyl (C=O) groups is 2. The molecule has 0 radical (unpaired) electrons. The summed E-state index contributed by atoms with van der Waals surface area (Å²) in [5.41, 5.74) is -0.0317. The van der Waals surface area contributed by atoms with Crippen molar-refractivity contribution < 1.29 is 19.6 Å². The van der Waals surface area contributed by atoms with Crippen molar-refractivity contribution in [3.05, 3.63) is 39.4 Å². The number of Topliss-reactive ketones (excluding diaryl/α,β-unsaturated/α-hetero) is 1. The highest BCUT2D eigenvalue weighted by Gasteiger charge is 2.14. The summed E-state index contributed by atoms with van der Waals surface area (Å²) in [4.78, 5) is 30.9. The number of phenols is 1. The second-order valence-corrected chi connectivity index (χ2v) is 2.81. The molecule has 6 nitrogen and oxygen atoms in total. The second-order valence-electron chi connectivity index (χ2n) is 2.81. The highest BCUT2D eigenvalue weighted by molar-refractivity contribution is 5.98. The van der Waals surface area contributed by atoms with Gasteiger partial charge in [0.2, 0.25) is 5.78 Å². The average molecular weight is 209 g/mol. The fraction of sp³-hybridized carbons (Fsp3) is 0.111. The fourth-order valence-electron chi connectivity index (χ4n) is 1.03. The van der Waals surface area contributed by atoms with Gasteiger partial charge in [-0.2, -0.15) is 0 Å². The van der Waals surface area contributed by atoms with Crippen LogP contribution in [0.2, 0.25) is 0 Å². The van der Waals surface area contributed by atoms with Crippen molar-refractivity contribution in [3.63, 3.8) is 0 Å². The van der Waals surface area contributed by atoms with Gasteiger partial charge in [-0.1, -0.05) is 0 Å². The number of carbonyl (C=O) groups excluding carboxylic acids is 2.